The van der Waals surface area contributed by atoms with Crippen molar-refractivity contribution in [2.75, 3.05) is 6.61 Å². The van der Waals surface area contributed by atoms with Crippen molar-refractivity contribution in [3.8, 4) is 0 Å². The van der Waals surface area contributed by atoms with Gasteiger partial charge in [0.1, 0.15) is 0 Å². The van der Waals surface area contributed by atoms with Crippen LogP contribution in [-0.2, 0) is 0 Å². The van der Waals surface area contributed by atoms with Crippen molar-refractivity contribution in [3.63, 3.8) is 0 Å². The van der Waals surface area contributed by atoms with Gasteiger partial charge in [-0.3, -0.25) is 0 Å². The maximum atomic E-state index is 10.7. The first-order valence-corrected chi connectivity index (χ1v) is 7.80. The first kappa shape index (κ1) is 15.2. The first-order chi connectivity index (χ1) is 10.6. The molecule has 0 bridgehead atoms. The topological polar surface area (TPSA) is 52.5 Å². The van der Waals surface area contributed by atoms with Crippen LogP contribution >= 0.6 is 0 Å². The number of hydrogen-bond acceptors (Lipinski definition) is 3. The number of piperidine rings is 1. The van der Waals surface area contributed by atoms with Gasteiger partial charge in [0, 0.05) is 17.5 Å². The van der Waals surface area contributed by atoms with Gasteiger partial charge in [-0.25, -0.2) is 0 Å². The quantitative estimate of drug-likeness (QED) is 0.816. The summed E-state index contributed by atoms with van der Waals surface area (Å²) in [4.78, 5) is 0. The van der Waals surface area contributed by atoms with Crippen LogP contribution in [0.15, 0.2) is 60.7 Å². The molecule has 0 saturated carbocycles. The molecule has 2 aromatic rings. The predicted octanol–water partition coefficient (Wildman–Crippen LogP) is 2.82. The molecule has 3 heteroatoms. The Bertz CT molecular complexity index is 601. The van der Waals surface area contributed by atoms with E-state index in [1.165, 1.54) is 5.56 Å². The van der Waals surface area contributed by atoms with E-state index >= 15 is 0 Å². The fourth-order valence-electron chi connectivity index (χ4n) is 3.38. The summed E-state index contributed by atoms with van der Waals surface area (Å²) in [7, 11) is 0. The van der Waals surface area contributed by atoms with Crippen LogP contribution in [0.25, 0.3) is 0 Å². The molecule has 0 amide bonds. The van der Waals surface area contributed by atoms with Gasteiger partial charge >= 0.3 is 0 Å². The van der Waals surface area contributed by atoms with E-state index in [1.54, 1.807) is 0 Å². The van der Waals surface area contributed by atoms with Crippen LogP contribution in [0.3, 0.4) is 0 Å². The van der Waals surface area contributed by atoms with Gasteiger partial charge < -0.3 is 15.5 Å². The van der Waals surface area contributed by atoms with Gasteiger partial charge in [0.15, 0.2) is 0 Å². The molecule has 4 atom stereocenters. The smallest absolute Gasteiger partial charge is 0.0652 e. The molecule has 1 heterocycles. The number of nitrogens with one attached hydrogen (secondary N) is 1. The Morgan fingerprint density at radius 3 is 2.09 bits per heavy atom. The van der Waals surface area contributed by atoms with Crippen molar-refractivity contribution in [3.05, 3.63) is 71.8 Å². The van der Waals surface area contributed by atoms with E-state index in [0.717, 1.165) is 5.56 Å². The molecular weight excluding hydrogens is 274 g/mol. The second-order valence-electron chi connectivity index (χ2n) is 6.39. The zero-order valence-electron chi connectivity index (χ0n) is 12.8. The van der Waals surface area contributed by atoms with Crippen molar-refractivity contribution in [1.82, 2.24) is 5.32 Å². The van der Waals surface area contributed by atoms with Crippen LogP contribution in [0.1, 0.15) is 36.6 Å². The maximum Gasteiger partial charge on any atom is 0.0652 e. The van der Waals surface area contributed by atoms with Crippen molar-refractivity contribution in [2.45, 2.75) is 31.5 Å². The summed E-state index contributed by atoms with van der Waals surface area (Å²) >= 11 is 0. The summed E-state index contributed by atoms with van der Waals surface area (Å²) in [5.41, 5.74) is 1.67. The molecule has 1 aliphatic heterocycles. The highest BCUT2D eigenvalue weighted by Gasteiger charge is 2.46. The number of aliphatic hydroxyl groups is 2. The lowest BCUT2D eigenvalue weighted by atomic mass is 9.69. The summed E-state index contributed by atoms with van der Waals surface area (Å²) in [6, 6.07) is 20.2. The van der Waals surface area contributed by atoms with Crippen molar-refractivity contribution < 1.29 is 10.2 Å². The first-order valence-electron chi connectivity index (χ1n) is 7.80. The van der Waals surface area contributed by atoms with Crippen LogP contribution < -0.4 is 5.32 Å². The van der Waals surface area contributed by atoms with E-state index in [1.807, 2.05) is 55.5 Å². The Labute approximate surface area is 131 Å². The summed E-state index contributed by atoms with van der Waals surface area (Å²) in [5.74, 6) is 0. The highest BCUT2D eigenvalue weighted by atomic mass is 16.3. The molecule has 3 nitrogen and oxygen atoms in total. The van der Waals surface area contributed by atoms with E-state index in [9.17, 15) is 10.2 Å². The minimum absolute atomic E-state index is 0.0533. The molecule has 1 saturated heterocycles. The summed E-state index contributed by atoms with van der Waals surface area (Å²) in [6.45, 7) is 1.89. The van der Waals surface area contributed by atoms with Gasteiger partial charge in [-0.05, 0) is 17.5 Å². The zero-order chi connectivity index (χ0) is 15.6. The Kier molecular flexibility index (Phi) is 4.30. The zero-order valence-corrected chi connectivity index (χ0v) is 12.8. The highest BCUT2D eigenvalue weighted by Crippen LogP contribution is 2.45. The molecule has 2 aromatic carbocycles. The second-order valence-corrected chi connectivity index (χ2v) is 6.39. The minimum atomic E-state index is -0.591. The molecule has 0 radical (unpaired) electrons. The molecule has 3 rings (SSSR count). The normalized spacial score (nSPS) is 31.9. The molecular formula is C19H23NO2. The average molecular weight is 297 g/mol. The number of hydrogen-bond donors (Lipinski definition) is 3. The highest BCUT2D eigenvalue weighted by molar-refractivity contribution is 5.27. The van der Waals surface area contributed by atoms with Crippen LogP contribution in [0.2, 0.25) is 0 Å². The van der Waals surface area contributed by atoms with Gasteiger partial charge in [0.25, 0.3) is 0 Å². The molecule has 1 aliphatic rings. The van der Waals surface area contributed by atoms with E-state index in [4.69, 9.17) is 0 Å². The number of benzene rings is 2. The van der Waals surface area contributed by atoms with Gasteiger partial charge in [0.2, 0.25) is 0 Å². The van der Waals surface area contributed by atoms with Crippen LogP contribution in [-0.4, -0.2) is 22.9 Å². The second kappa shape index (κ2) is 6.21. The summed E-state index contributed by atoms with van der Waals surface area (Å²) in [6.07, 6.45) is 0.0406. The largest absolute Gasteiger partial charge is 0.396 e. The van der Waals surface area contributed by atoms with E-state index in [0.29, 0.717) is 6.42 Å². The Morgan fingerprint density at radius 1 is 1.00 bits per heavy atom. The lowest BCUT2D eigenvalue weighted by molar-refractivity contribution is -0.0686. The molecule has 3 N–H and O–H groups in total. The Balaban J connectivity index is 1.96. The van der Waals surface area contributed by atoms with Gasteiger partial charge in [-0.15, -0.1) is 0 Å². The van der Waals surface area contributed by atoms with Crippen LogP contribution in [0.4, 0.5) is 0 Å². The van der Waals surface area contributed by atoms with E-state index in [-0.39, 0.29) is 18.7 Å². The van der Waals surface area contributed by atoms with Crippen molar-refractivity contribution in [2.24, 2.45) is 5.41 Å². The Hall–Kier alpha value is -1.68. The summed E-state index contributed by atoms with van der Waals surface area (Å²) < 4.78 is 0. The molecule has 0 unspecified atom stereocenters. The van der Waals surface area contributed by atoms with Crippen LogP contribution in [0, 0.1) is 5.41 Å². The van der Waals surface area contributed by atoms with Crippen molar-refractivity contribution in [1.29, 1.82) is 0 Å². The molecule has 0 aromatic heterocycles. The van der Waals surface area contributed by atoms with Crippen molar-refractivity contribution >= 4 is 0 Å². The van der Waals surface area contributed by atoms with Crippen LogP contribution in [0.5, 0.6) is 0 Å². The number of rotatable bonds is 3. The molecule has 22 heavy (non-hydrogen) atoms. The molecule has 1 fully saturated rings. The van der Waals surface area contributed by atoms with E-state index in [2.05, 4.69) is 17.4 Å². The third-order valence-electron chi connectivity index (χ3n) is 4.92. The summed E-state index contributed by atoms with van der Waals surface area (Å²) in [5, 5.41) is 24.2. The molecule has 0 aliphatic carbocycles. The third kappa shape index (κ3) is 2.68. The molecule has 0 spiro atoms. The average Bonchev–Trinajstić information content (AvgIpc) is 2.58. The fourth-order valence-corrected chi connectivity index (χ4v) is 3.38. The molecule has 116 valence electrons. The monoisotopic (exact) mass is 297 g/mol. The SMILES string of the molecule is C[C@]1(CO)[C@@H](O)C[C@@H](c2ccccc2)N[C@H]1c1ccccc1. The standard InChI is InChI=1S/C19H23NO2/c1-19(13-21)17(22)12-16(14-8-4-2-5-9-14)20-18(19)15-10-6-3-7-11-15/h2-11,16-18,20-22H,12-13H2,1H3/t16-,17-,18-,19-/m0/s1. The maximum absolute atomic E-state index is 10.7. The predicted molar refractivity (Wildman–Crippen MR) is 87.3 cm³/mol. The lowest BCUT2D eigenvalue weighted by Crippen LogP contribution is -2.53. The minimum Gasteiger partial charge on any atom is -0.396 e. The van der Waals surface area contributed by atoms with Gasteiger partial charge in [0.05, 0.1) is 12.7 Å². The number of aliphatic hydroxyl groups excluding tert-OH is 2. The fraction of sp³-hybridized carbons (Fsp3) is 0.368. The Morgan fingerprint density at radius 2 is 1.55 bits per heavy atom. The third-order valence-corrected chi connectivity index (χ3v) is 4.92. The lowest BCUT2D eigenvalue weighted by Gasteiger charge is -2.48. The van der Waals surface area contributed by atoms with Gasteiger partial charge in [-0.2, -0.15) is 0 Å². The van der Waals surface area contributed by atoms with E-state index < -0.39 is 11.5 Å². The van der Waals surface area contributed by atoms with Gasteiger partial charge in [-0.1, -0.05) is 67.6 Å².